The molecule has 4 aromatic carbocycles. The van der Waals surface area contributed by atoms with E-state index >= 15 is 0 Å². The summed E-state index contributed by atoms with van der Waals surface area (Å²) in [6.07, 6.45) is -1.21. The molecule has 1 heterocycles. The van der Waals surface area contributed by atoms with Crippen LogP contribution in [0.4, 0.5) is 5.69 Å². The number of Topliss-reactive ketones (excluding diaryl/α,β-unsaturated/α-hetero) is 1. The predicted molar refractivity (Wildman–Crippen MR) is 134 cm³/mol. The topological polar surface area (TPSA) is 80.8 Å². The number of rotatable bonds is 6. The molecule has 0 bridgehead atoms. The Morgan fingerprint density at radius 2 is 1.25 bits per heavy atom. The van der Waals surface area contributed by atoms with E-state index < -0.39 is 23.9 Å². The molecule has 2 amide bonds. The predicted octanol–water partition coefficient (Wildman–Crippen LogP) is 5.58. The van der Waals surface area contributed by atoms with E-state index in [2.05, 4.69) is 0 Å². The van der Waals surface area contributed by atoms with Crippen molar-refractivity contribution in [3.05, 3.63) is 137 Å². The number of para-hydroxylation sites is 1. The van der Waals surface area contributed by atoms with Crippen LogP contribution in [0.5, 0.6) is 0 Å². The van der Waals surface area contributed by atoms with Gasteiger partial charge in [0.25, 0.3) is 11.8 Å². The monoisotopic (exact) mass is 475 g/mol. The van der Waals surface area contributed by atoms with Crippen LogP contribution in [-0.2, 0) is 4.74 Å². The second kappa shape index (κ2) is 9.43. The second-order valence-corrected chi connectivity index (χ2v) is 8.43. The molecular formula is C30H21NO5. The summed E-state index contributed by atoms with van der Waals surface area (Å²) in [5.74, 6) is -2.25. The van der Waals surface area contributed by atoms with E-state index in [4.69, 9.17) is 4.74 Å². The van der Waals surface area contributed by atoms with Gasteiger partial charge in [-0.15, -0.1) is 0 Å². The summed E-state index contributed by atoms with van der Waals surface area (Å²) in [6, 6.07) is 28.4. The van der Waals surface area contributed by atoms with Crippen molar-refractivity contribution in [1.29, 1.82) is 0 Å². The van der Waals surface area contributed by atoms with Crippen molar-refractivity contribution in [3.63, 3.8) is 0 Å². The molecule has 0 saturated carbocycles. The summed E-state index contributed by atoms with van der Waals surface area (Å²) in [7, 11) is 0. The summed E-state index contributed by atoms with van der Waals surface area (Å²) in [4.78, 5) is 53.9. The van der Waals surface area contributed by atoms with Crippen LogP contribution in [0.1, 0.15) is 58.7 Å². The Balaban J connectivity index is 1.50. The normalized spacial score (nSPS) is 13.3. The molecule has 176 valence electrons. The highest BCUT2D eigenvalue weighted by atomic mass is 16.5. The number of amides is 2. The van der Waals surface area contributed by atoms with Gasteiger partial charge in [-0.1, -0.05) is 84.4 Å². The molecule has 4 aromatic rings. The molecule has 0 fully saturated rings. The van der Waals surface area contributed by atoms with E-state index in [0.717, 1.165) is 10.5 Å². The van der Waals surface area contributed by atoms with Crippen molar-refractivity contribution < 1.29 is 23.9 Å². The Bertz CT molecular complexity index is 1460. The lowest BCUT2D eigenvalue weighted by atomic mass is 9.99. The first kappa shape index (κ1) is 22.9. The third-order valence-corrected chi connectivity index (χ3v) is 6.06. The van der Waals surface area contributed by atoms with Crippen molar-refractivity contribution in [2.75, 3.05) is 4.90 Å². The van der Waals surface area contributed by atoms with Gasteiger partial charge in [-0.25, -0.2) is 9.69 Å². The van der Waals surface area contributed by atoms with Gasteiger partial charge in [-0.2, -0.15) is 0 Å². The van der Waals surface area contributed by atoms with Crippen LogP contribution < -0.4 is 4.90 Å². The van der Waals surface area contributed by atoms with Crippen LogP contribution in [0.2, 0.25) is 0 Å². The number of ketones is 1. The molecule has 6 heteroatoms. The lowest BCUT2D eigenvalue weighted by Gasteiger charge is -2.21. The number of fused-ring (bicyclic) bond motifs is 1. The third kappa shape index (κ3) is 4.09. The molecule has 0 N–H and O–H groups in total. The minimum Gasteiger partial charge on any atom is -0.445 e. The van der Waals surface area contributed by atoms with Crippen LogP contribution in [0.3, 0.4) is 0 Å². The fourth-order valence-corrected chi connectivity index (χ4v) is 4.19. The number of imide groups is 1. The summed E-state index contributed by atoms with van der Waals surface area (Å²) >= 11 is 0. The van der Waals surface area contributed by atoms with Gasteiger partial charge in [0.15, 0.2) is 6.10 Å². The van der Waals surface area contributed by atoms with E-state index in [9.17, 15) is 19.2 Å². The number of aryl methyl sites for hydroxylation is 1. The summed E-state index contributed by atoms with van der Waals surface area (Å²) in [5, 5.41) is 0. The van der Waals surface area contributed by atoms with Crippen molar-refractivity contribution in [1.82, 2.24) is 0 Å². The molecule has 1 aliphatic heterocycles. The van der Waals surface area contributed by atoms with Crippen molar-refractivity contribution in [2.45, 2.75) is 13.0 Å². The fourth-order valence-electron chi connectivity index (χ4n) is 4.19. The van der Waals surface area contributed by atoms with Crippen molar-refractivity contribution in [3.8, 4) is 0 Å². The van der Waals surface area contributed by atoms with Crippen molar-refractivity contribution in [2.24, 2.45) is 0 Å². The molecule has 0 aliphatic carbocycles. The van der Waals surface area contributed by atoms with Crippen LogP contribution in [-0.4, -0.2) is 23.6 Å². The molecular weight excluding hydrogens is 454 g/mol. The lowest BCUT2D eigenvalue weighted by Crippen LogP contribution is -2.31. The molecule has 0 unspecified atom stereocenters. The molecule has 0 spiro atoms. The zero-order chi connectivity index (χ0) is 25.2. The van der Waals surface area contributed by atoms with Crippen LogP contribution in [0.15, 0.2) is 103 Å². The molecule has 6 nitrogen and oxygen atoms in total. The van der Waals surface area contributed by atoms with E-state index in [-0.39, 0.29) is 28.2 Å². The number of nitrogens with zero attached hydrogens (tertiary/aromatic N) is 1. The van der Waals surface area contributed by atoms with E-state index in [0.29, 0.717) is 11.1 Å². The van der Waals surface area contributed by atoms with Gasteiger partial charge in [-0.05, 0) is 31.2 Å². The zero-order valence-electron chi connectivity index (χ0n) is 19.4. The molecule has 0 saturated heterocycles. The molecule has 1 atom stereocenters. The molecule has 0 aromatic heterocycles. The molecule has 36 heavy (non-hydrogen) atoms. The van der Waals surface area contributed by atoms with E-state index in [1.807, 2.05) is 19.1 Å². The number of carbonyl (C=O) groups is 4. The van der Waals surface area contributed by atoms with Gasteiger partial charge in [0.05, 0.1) is 22.4 Å². The first-order chi connectivity index (χ1) is 17.5. The minimum absolute atomic E-state index is 0.00430. The number of carbonyl (C=O) groups excluding carboxylic acids is 4. The highest BCUT2D eigenvalue weighted by molar-refractivity contribution is 6.35. The first-order valence-electron chi connectivity index (χ1n) is 11.4. The fraction of sp³-hybridized carbons (Fsp3) is 0.0667. The smallest absolute Gasteiger partial charge is 0.341 e. The maximum atomic E-state index is 13.5. The number of benzene rings is 4. The lowest BCUT2D eigenvalue weighted by molar-refractivity contribution is 0.0281. The van der Waals surface area contributed by atoms with Crippen LogP contribution in [0.25, 0.3) is 0 Å². The Hall–Kier alpha value is -4.84. The third-order valence-electron chi connectivity index (χ3n) is 6.06. The number of ether oxygens (including phenoxy) is 1. The average Bonchev–Trinajstić information content (AvgIpc) is 3.17. The maximum absolute atomic E-state index is 13.5. The quantitative estimate of drug-likeness (QED) is 0.207. The summed E-state index contributed by atoms with van der Waals surface area (Å²) < 4.78 is 5.78. The summed E-state index contributed by atoms with van der Waals surface area (Å²) in [5.41, 5.74) is 2.54. The zero-order valence-corrected chi connectivity index (χ0v) is 19.4. The van der Waals surface area contributed by atoms with E-state index in [1.54, 1.807) is 78.9 Å². The Labute approximate surface area is 207 Å². The average molecular weight is 476 g/mol. The SMILES string of the molecule is Cc1ccc(C(=O)[C@H](OC(=O)c2ccccc2N2C(=O)c3ccccc3C2=O)c2ccccc2)cc1. The molecule has 5 rings (SSSR count). The first-order valence-corrected chi connectivity index (χ1v) is 11.4. The maximum Gasteiger partial charge on any atom is 0.341 e. The largest absolute Gasteiger partial charge is 0.445 e. The Kier molecular flexibility index (Phi) is 6.00. The summed E-state index contributed by atoms with van der Waals surface area (Å²) in [6.45, 7) is 1.92. The van der Waals surface area contributed by atoms with E-state index in [1.165, 1.54) is 12.1 Å². The number of anilines is 1. The van der Waals surface area contributed by atoms with Gasteiger partial charge in [0, 0.05) is 11.1 Å². The number of esters is 1. The Morgan fingerprint density at radius 1 is 0.694 bits per heavy atom. The van der Waals surface area contributed by atoms with Crippen molar-refractivity contribution >= 4 is 29.3 Å². The van der Waals surface area contributed by atoms with Gasteiger partial charge in [0.2, 0.25) is 5.78 Å². The van der Waals surface area contributed by atoms with Gasteiger partial charge >= 0.3 is 5.97 Å². The second-order valence-electron chi connectivity index (χ2n) is 8.43. The molecule has 0 radical (unpaired) electrons. The van der Waals surface area contributed by atoms with Crippen LogP contribution >= 0.6 is 0 Å². The van der Waals surface area contributed by atoms with Gasteiger partial charge in [-0.3, -0.25) is 14.4 Å². The van der Waals surface area contributed by atoms with Gasteiger partial charge in [0.1, 0.15) is 0 Å². The number of hydrogen-bond acceptors (Lipinski definition) is 5. The standard InChI is InChI=1S/C30H21NO5/c1-19-15-17-20(18-16-19)26(32)27(21-9-3-2-4-10-21)36-30(35)24-13-7-8-14-25(24)31-28(33)22-11-5-6-12-23(22)29(31)34/h2-18,27H,1H3/t27-/m1/s1. The van der Waals surface area contributed by atoms with Gasteiger partial charge < -0.3 is 4.74 Å². The molecule has 1 aliphatic rings. The van der Waals surface area contributed by atoms with Crippen LogP contribution in [0, 0.1) is 6.92 Å². The Morgan fingerprint density at radius 3 is 1.89 bits per heavy atom. The highest BCUT2D eigenvalue weighted by Crippen LogP contribution is 2.32. The highest BCUT2D eigenvalue weighted by Gasteiger charge is 2.38. The minimum atomic E-state index is -1.21. The number of hydrogen-bond donors (Lipinski definition) is 0.